The van der Waals surface area contributed by atoms with Crippen LogP contribution in [0.2, 0.25) is 0 Å². The molecule has 0 amide bonds. The predicted molar refractivity (Wildman–Crippen MR) is 81.9 cm³/mol. The minimum absolute atomic E-state index is 0.109. The fourth-order valence-corrected chi connectivity index (χ4v) is 2.04. The van der Waals surface area contributed by atoms with E-state index in [0.717, 1.165) is 5.56 Å². The molecule has 0 saturated heterocycles. The third-order valence-electron chi connectivity index (χ3n) is 3.17. The highest BCUT2D eigenvalue weighted by atomic mass is 16.6. The Morgan fingerprint density at radius 3 is 2.52 bits per heavy atom. The molecule has 2 aromatic carbocycles. The van der Waals surface area contributed by atoms with Gasteiger partial charge in [0.15, 0.2) is 11.9 Å². The second-order valence-electron chi connectivity index (χ2n) is 4.80. The van der Waals surface area contributed by atoms with Crippen molar-refractivity contribution in [2.45, 2.75) is 13.0 Å². The van der Waals surface area contributed by atoms with Crippen LogP contribution in [-0.2, 0) is 0 Å². The standard InChI is InChI=1S/C16H13N3O4/c1-11(22-14-10-6-5-9-13(14)19(20)21)15-17-18-16(23-15)12-7-3-2-4-8-12/h2-11H,1H3/t11-/m1/s1. The molecule has 116 valence electrons. The Bertz CT molecular complexity index is 817. The summed E-state index contributed by atoms with van der Waals surface area (Å²) in [4.78, 5) is 10.5. The van der Waals surface area contributed by atoms with Crippen LogP contribution in [-0.4, -0.2) is 15.1 Å². The lowest BCUT2D eigenvalue weighted by atomic mass is 10.2. The average molecular weight is 311 g/mol. The Morgan fingerprint density at radius 2 is 1.78 bits per heavy atom. The highest BCUT2D eigenvalue weighted by Gasteiger charge is 2.21. The number of nitro groups is 1. The summed E-state index contributed by atoms with van der Waals surface area (Å²) >= 11 is 0. The zero-order valence-corrected chi connectivity index (χ0v) is 12.2. The smallest absolute Gasteiger partial charge is 0.310 e. The van der Waals surface area contributed by atoms with Gasteiger partial charge in [0.2, 0.25) is 5.89 Å². The van der Waals surface area contributed by atoms with Gasteiger partial charge in [0.05, 0.1) is 4.92 Å². The van der Waals surface area contributed by atoms with Crippen molar-refractivity contribution in [1.82, 2.24) is 10.2 Å². The molecule has 0 radical (unpaired) electrons. The molecular formula is C16H13N3O4. The Balaban J connectivity index is 1.81. The Hall–Kier alpha value is -3.22. The van der Waals surface area contributed by atoms with Crippen LogP contribution < -0.4 is 4.74 Å². The van der Waals surface area contributed by atoms with Gasteiger partial charge in [0.25, 0.3) is 5.89 Å². The van der Waals surface area contributed by atoms with Gasteiger partial charge in [-0.15, -0.1) is 10.2 Å². The van der Waals surface area contributed by atoms with Crippen molar-refractivity contribution in [3.8, 4) is 17.2 Å². The van der Waals surface area contributed by atoms with Crippen LogP contribution in [0.1, 0.15) is 18.9 Å². The number of hydrogen-bond donors (Lipinski definition) is 0. The summed E-state index contributed by atoms with van der Waals surface area (Å²) in [7, 11) is 0. The second-order valence-corrected chi connectivity index (χ2v) is 4.80. The van der Waals surface area contributed by atoms with Crippen LogP contribution >= 0.6 is 0 Å². The van der Waals surface area contributed by atoms with Gasteiger partial charge in [0, 0.05) is 11.6 Å². The van der Waals surface area contributed by atoms with Gasteiger partial charge >= 0.3 is 5.69 Å². The highest BCUT2D eigenvalue weighted by molar-refractivity contribution is 5.51. The van der Waals surface area contributed by atoms with E-state index in [4.69, 9.17) is 9.15 Å². The molecule has 0 bridgehead atoms. The van der Waals surface area contributed by atoms with Crippen molar-refractivity contribution in [3.63, 3.8) is 0 Å². The summed E-state index contributed by atoms with van der Waals surface area (Å²) < 4.78 is 11.2. The lowest BCUT2D eigenvalue weighted by Crippen LogP contribution is -2.05. The quantitative estimate of drug-likeness (QED) is 0.526. The molecule has 3 aromatic rings. The fourth-order valence-electron chi connectivity index (χ4n) is 2.04. The maximum absolute atomic E-state index is 11.0. The number of nitro benzene ring substituents is 1. The first-order chi connectivity index (χ1) is 11.1. The molecule has 23 heavy (non-hydrogen) atoms. The molecule has 0 N–H and O–H groups in total. The lowest BCUT2D eigenvalue weighted by Gasteiger charge is -2.10. The van der Waals surface area contributed by atoms with E-state index in [1.807, 2.05) is 30.3 Å². The van der Waals surface area contributed by atoms with Gasteiger partial charge in [-0.3, -0.25) is 10.1 Å². The third kappa shape index (κ3) is 3.18. The normalized spacial score (nSPS) is 11.9. The van der Waals surface area contributed by atoms with Crippen LogP contribution in [0.4, 0.5) is 5.69 Å². The van der Waals surface area contributed by atoms with Crippen molar-refractivity contribution in [2.75, 3.05) is 0 Å². The van der Waals surface area contributed by atoms with Crippen molar-refractivity contribution >= 4 is 5.69 Å². The molecule has 0 unspecified atom stereocenters. The molecule has 7 heteroatoms. The van der Waals surface area contributed by atoms with Gasteiger partial charge in [-0.25, -0.2) is 0 Å². The SMILES string of the molecule is C[C@@H](Oc1ccccc1[N+](=O)[O-])c1nnc(-c2ccccc2)o1. The largest absolute Gasteiger partial charge is 0.474 e. The number of nitrogens with zero attached hydrogens (tertiary/aromatic N) is 3. The zero-order chi connectivity index (χ0) is 16.2. The number of hydrogen-bond acceptors (Lipinski definition) is 6. The Kier molecular flexibility index (Phi) is 4.01. The van der Waals surface area contributed by atoms with Crippen molar-refractivity contribution in [3.05, 3.63) is 70.6 Å². The summed E-state index contributed by atoms with van der Waals surface area (Å²) in [6.45, 7) is 1.69. The van der Waals surface area contributed by atoms with Gasteiger partial charge in [-0.2, -0.15) is 0 Å². The topological polar surface area (TPSA) is 91.3 Å². The first-order valence-electron chi connectivity index (χ1n) is 6.94. The van der Waals surface area contributed by atoms with Gasteiger partial charge < -0.3 is 9.15 Å². The van der Waals surface area contributed by atoms with Gasteiger partial charge in [-0.05, 0) is 25.1 Å². The minimum atomic E-state index is -0.610. The van der Waals surface area contributed by atoms with E-state index in [1.165, 1.54) is 12.1 Å². The number of aromatic nitrogens is 2. The van der Waals surface area contributed by atoms with E-state index in [2.05, 4.69) is 10.2 Å². The van der Waals surface area contributed by atoms with Gasteiger partial charge in [-0.1, -0.05) is 30.3 Å². The van der Waals surface area contributed by atoms with Crippen LogP contribution in [0, 0.1) is 10.1 Å². The monoisotopic (exact) mass is 311 g/mol. The summed E-state index contributed by atoms with van der Waals surface area (Å²) in [6.07, 6.45) is -0.610. The van der Waals surface area contributed by atoms with Crippen molar-refractivity contribution in [1.29, 1.82) is 0 Å². The molecule has 1 atom stereocenters. The van der Waals surface area contributed by atoms with E-state index < -0.39 is 11.0 Å². The second kappa shape index (κ2) is 6.27. The molecule has 0 fully saturated rings. The Labute approximate surface area is 131 Å². The molecule has 3 rings (SSSR count). The average Bonchev–Trinajstić information content (AvgIpc) is 3.06. The van der Waals surface area contributed by atoms with Crippen LogP contribution in [0.15, 0.2) is 59.0 Å². The molecule has 0 saturated carbocycles. The molecule has 0 aliphatic heterocycles. The van der Waals surface area contributed by atoms with E-state index in [1.54, 1.807) is 19.1 Å². The van der Waals surface area contributed by atoms with Crippen LogP contribution in [0.25, 0.3) is 11.5 Å². The van der Waals surface area contributed by atoms with Crippen molar-refractivity contribution < 1.29 is 14.1 Å². The number of para-hydroxylation sites is 2. The van der Waals surface area contributed by atoms with E-state index in [0.29, 0.717) is 5.89 Å². The molecule has 1 heterocycles. The maximum Gasteiger partial charge on any atom is 0.310 e. The number of benzene rings is 2. The van der Waals surface area contributed by atoms with Crippen molar-refractivity contribution in [2.24, 2.45) is 0 Å². The predicted octanol–water partition coefficient (Wildman–Crippen LogP) is 3.78. The highest BCUT2D eigenvalue weighted by Crippen LogP contribution is 2.30. The van der Waals surface area contributed by atoms with E-state index in [-0.39, 0.29) is 17.3 Å². The first kappa shape index (κ1) is 14.7. The van der Waals surface area contributed by atoms with E-state index >= 15 is 0 Å². The summed E-state index contributed by atoms with van der Waals surface area (Å²) in [5, 5.41) is 18.9. The molecule has 7 nitrogen and oxygen atoms in total. The third-order valence-corrected chi connectivity index (χ3v) is 3.17. The summed E-state index contributed by atoms with van der Waals surface area (Å²) in [6, 6.07) is 15.5. The molecule has 0 spiro atoms. The number of rotatable bonds is 5. The molecule has 1 aromatic heterocycles. The molecule has 0 aliphatic carbocycles. The molecule has 0 aliphatic rings. The van der Waals surface area contributed by atoms with Crippen LogP contribution in [0.5, 0.6) is 5.75 Å². The maximum atomic E-state index is 11.0. The summed E-state index contributed by atoms with van der Waals surface area (Å²) in [5.74, 6) is 0.782. The minimum Gasteiger partial charge on any atom is -0.474 e. The van der Waals surface area contributed by atoms with Crippen LogP contribution in [0.3, 0.4) is 0 Å². The molecular weight excluding hydrogens is 298 g/mol. The first-order valence-corrected chi connectivity index (χ1v) is 6.94. The lowest BCUT2D eigenvalue weighted by molar-refractivity contribution is -0.386. The van der Waals surface area contributed by atoms with E-state index in [9.17, 15) is 10.1 Å². The fraction of sp³-hybridized carbons (Fsp3) is 0.125. The zero-order valence-electron chi connectivity index (χ0n) is 12.2. The van der Waals surface area contributed by atoms with Gasteiger partial charge in [0.1, 0.15) is 0 Å². The summed E-state index contributed by atoms with van der Waals surface area (Å²) in [5.41, 5.74) is 0.686. The number of ether oxygens (including phenoxy) is 1. The Morgan fingerprint density at radius 1 is 1.09 bits per heavy atom.